The van der Waals surface area contributed by atoms with Crippen molar-refractivity contribution in [2.75, 3.05) is 14.1 Å². The summed E-state index contributed by atoms with van der Waals surface area (Å²) in [5, 5.41) is 6.39. The van der Waals surface area contributed by atoms with Crippen LogP contribution >= 0.6 is 0 Å². The topological polar surface area (TPSA) is 27.1 Å². The van der Waals surface area contributed by atoms with Gasteiger partial charge in [0.15, 0.2) is 0 Å². The second-order valence-electron chi connectivity index (χ2n) is 2.23. The number of nitrogens with one attached hydrogen (secondary N) is 1. The first-order valence-corrected chi connectivity index (χ1v) is 4.76. The van der Waals surface area contributed by atoms with Crippen molar-refractivity contribution in [2.45, 2.75) is 20.8 Å². The smallest absolute Gasteiger partial charge is 0.0174 e. The van der Waals surface area contributed by atoms with Crippen molar-refractivity contribution in [1.82, 2.24) is 4.90 Å². The van der Waals surface area contributed by atoms with Gasteiger partial charge in [-0.25, -0.2) is 0 Å². The van der Waals surface area contributed by atoms with E-state index in [0.717, 1.165) is 0 Å². The van der Waals surface area contributed by atoms with Gasteiger partial charge < -0.3 is 10.3 Å². The van der Waals surface area contributed by atoms with Crippen molar-refractivity contribution in [3.8, 4) is 0 Å². The average molecular weight is 196 g/mol. The van der Waals surface area contributed by atoms with E-state index in [4.69, 9.17) is 5.41 Å². The molecule has 0 rings (SSSR count). The summed E-state index contributed by atoms with van der Waals surface area (Å²) >= 11 is 0. The van der Waals surface area contributed by atoms with Crippen LogP contribution in [0.3, 0.4) is 0 Å². The SMILES string of the molecule is C/C=C/C=N.C=C/C=C/N(C)C.CC. The van der Waals surface area contributed by atoms with Gasteiger partial charge in [-0.1, -0.05) is 32.6 Å². The summed E-state index contributed by atoms with van der Waals surface area (Å²) in [6.45, 7) is 9.40. The van der Waals surface area contributed by atoms with Gasteiger partial charge in [-0.05, 0) is 25.3 Å². The molecule has 0 atom stereocenters. The van der Waals surface area contributed by atoms with Gasteiger partial charge in [-0.2, -0.15) is 0 Å². The molecule has 0 radical (unpaired) electrons. The summed E-state index contributed by atoms with van der Waals surface area (Å²) in [4.78, 5) is 1.96. The average Bonchev–Trinajstić information content (AvgIpc) is 2.20. The Balaban J connectivity index is -0.000000152. The Morgan fingerprint density at radius 2 is 1.64 bits per heavy atom. The fraction of sp³-hybridized carbons (Fsp3) is 0.417. The molecule has 0 aliphatic carbocycles. The number of nitrogens with zero attached hydrogens (tertiary/aromatic N) is 1. The first-order chi connectivity index (χ1) is 6.68. The number of hydrogen-bond acceptors (Lipinski definition) is 2. The van der Waals surface area contributed by atoms with Gasteiger partial charge in [0, 0.05) is 20.3 Å². The molecule has 0 saturated heterocycles. The zero-order chi connectivity index (χ0) is 11.8. The number of rotatable bonds is 3. The predicted octanol–water partition coefficient (Wildman–Crippen LogP) is 3.49. The highest BCUT2D eigenvalue weighted by Crippen LogP contribution is 1.75. The maximum absolute atomic E-state index is 6.39. The van der Waals surface area contributed by atoms with Crippen molar-refractivity contribution in [3.63, 3.8) is 0 Å². The lowest BCUT2D eigenvalue weighted by Crippen LogP contribution is -1.99. The van der Waals surface area contributed by atoms with Crippen molar-refractivity contribution in [2.24, 2.45) is 0 Å². The molecule has 82 valence electrons. The molecule has 0 aliphatic heterocycles. The van der Waals surface area contributed by atoms with Crippen LogP contribution in [0.4, 0.5) is 0 Å². The van der Waals surface area contributed by atoms with E-state index in [-0.39, 0.29) is 0 Å². The summed E-state index contributed by atoms with van der Waals surface area (Å²) in [6.07, 6.45) is 10.3. The van der Waals surface area contributed by atoms with E-state index < -0.39 is 0 Å². The molecule has 0 aromatic carbocycles. The summed E-state index contributed by atoms with van der Waals surface area (Å²) in [6, 6.07) is 0. The lowest BCUT2D eigenvalue weighted by Gasteiger charge is -2.00. The van der Waals surface area contributed by atoms with Crippen molar-refractivity contribution < 1.29 is 0 Å². The Morgan fingerprint density at radius 3 is 1.71 bits per heavy atom. The Hall–Kier alpha value is -1.31. The van der Waals surface area contributed by atoms with Crippen molar-refractivity contribution in [3.05, 3.63) is 37.1 Å². The van der Waals surface area contributed by atoms with Gasteiger partial charge in [0.2, 0.25) is 0 Å². The van der Waals surface area contributed by atoms with E-state index >= 15 is 0 Å². The molecule has 2 heteroatoms. The molecule has 0 bridgehead atoms. The molecule has 14 heavy (non-hydrogen) atoms. The highest BCUT2D eigenvalue weighted by atomic mass is 15.0. The van der Waals surface area contributed by atoms with Crippen LogP contribution in [0.5, 0.6) is 0 Å². The van der Waals surface area contributed by atoms with Crippen LogP contribution in [0, 0.1) is 5.41 Å². The fourth-order valence-electron chi connectivity index (χ4n) is 0.329. The maximum atomic E-state index is 6.39. The normalized spacial score (nSPS) is 8.36. The van der Waals surface area contributed by atoms with E-state index in [2.05, 4.69) is 6.58 Å². The minimum absolute atomic E-state index is 1.25. The van der Waals surface area contributed by atoms with Crippen LogP contribution in [0.15, 0.2) is 37.1 Å². The number of allylic oxidation sites excluding steroid dienone is 4. The van der Waals surface area contributed by atoms with E-state index in [9.17, 15) is 0 Å². The zero-order valence-corrected chi connectivity index (χ0v) is 10.1. The molecule has 2 nitrogen and oxygen atoms in total. The maximum Gasteiger partial charge on any atom is 0.0174 e. The Morgan fingerprint density at radius 1 is 1.14 bits per heavy atom. The molecule has 0 amide bonds. The van der Waals surface area contributed by atoms with Crippen LogP contribution in [0.2, 0.25) is 0 Å². The molecule has 1 N–H and O–H groups in total. The molecular formula is C12H24N2. The summed E-state index contributed by atoms with van der Waals surface area (Å²) < 4.78 is 0. The minimum Gasteiger partial charge on any atom is -0.383 e. The van der Waals surface area contributed by atoms with Gasteiger partial charge in [0.1, 0.15) is 0 Å². The monoisotopic (exact) mass is 196 g/mol. The highest BCUT2D eigenvalue weighted by molar-refractivity contribution is 5.67. The van der Waals surface area contributed by atoms with E-state index in [0.29, 0.717) is 0 Å². The third-order valence-corrected chi connectivity index (χ3v) is 0.809. The molecular weight excluding hydrogens is 172 g/mol. The molecule has 0 spiro atoms. The van der Waals surface area contributed by atoms with Gasteiger partial charge in [-0.15, -0.1) is 0 Å². The summed E-state index contributed by atoms with van der Waals surface area (Å²) in [5.74, 6) is 0. The van der Waals surface area contributed by atoms with Crippen molar-refractivity contribution in [1.29, 1.82) is 5.41 Å². The first kappa shape index (κ1) is 18.5. The second kappa shape index (κ2) is 22.6. The number of hydrogen-bond donors (Lipinski definition) is 1. The van der Waals surface area contributed by atoms with Crippen LogP contribution in [0.1, 0.15) is 20.8 Å². The Labute approximate surface area is 89.1 Å². The highest BCUT2D eigenvalue weighted by Gasteiger charge is 1.67. The largest absolute Gasteiger partial charge is 0.383 e. The summed E-state index contributed by atoms with van der Waals surface area (Å²) in [7, 11) is 3.94. The summed E-state index contributed by atoms with van der Waals surface area (Å²) in [5.41, 5.74) is 0. The molecule has 0 heterocycles. The minimum atomic E-state index is 1.25. The van der Waals surface area contributed by atoms with Gasteiger partial charge in [0.25, 0.3) is 0 Å². The van der Waals surface area contributed by atoms with Crippen molar-refractivity contribution >= 4 is 6.21 Å². The lowest BCUT2D eigenvalue weighted by molar-refractivity contribution is 0.564. The molecule has 0 aromatic rings. The van der Waals surface area contributed by atoms with Gasteiger partial charge >= 0.3 is 0 Å². The third-order valence-electron chi connectivity index (χ3n) is 0.809. The van der Waals surface area contributed by atoms with Gasteiger partial charge in [0.05, 0.1) is 0 Å². The van der Waals surface area contributed by atoms with Crippen LogP contribution in [-0.2, 0) is 0 Å². The van der Waals surface area contributed by atoms with Gasteiger partial charge in [-0.3, -0.25) is 0 Å². The molecule has 0 aromatic heterocycles. The molecule has 0 aliphatic rings. The second-order valence-corrected chi connectivity index (χ2v) is 2.23. The third kappa shape index (κ3) is 45.6. The predicted molar refractivity (Wildman–Crippen MR) is 68.0 cm³/mol. The van der Waals surface area contributed by atoms with Crippen LogP contribution < -0.4 is 0 Å². The molecule has 0 fully saturated rings. The zero-order valence-electron chi connectivity index (χ0n) is 10.1. The van der Waals surface area contributed by atoms with Crippen LogP contribution in [0.25, 0.3) is 0 Å². The lowest BCUT2D eigenvalue weighted by atomic mass is 10.6. The van der Waals surface area contributed by atoms with E-state index in [1.54, 1.807) is 12.2 Å². The Bertz CT molecular complexity index is 156. The molecule has 0 saturated carbocycles. The Kier molecular flexibility index (Phi) is 29.8. The fourth-order valence-corrected chi connectivity index (χ4v) is 0.329. The van der Waals surface area contributed by atoms with E-state index in [1.807, 2.05) is 58.1 Å². The first-order valence-electron chi connectivity index (χ1n) is 4.76. The quantitative estimate of drug-likeness (QED) is 0.543. The van der Waals surface area contributed by atoms with E-state index in [1.165, 1.54) is 6.21 Å². The standard InChI is InChI=1S/C6H11N.C4H7N.C2H6/c1-4-5-6-7(2)3;1-2-3-4-5;1-2/h4-6H,1H2,2-3H3;2-5H,1H3;1-2H3/b6-5+;3-2+,5-4?;. The van der Waals surface area contributed by atoms with Crippen LogP contribution in [-0.4, -0.2) is 25.2 Å². The molecule has 0 unspecified atom stereocenters.